The van der Waals surface area contributed by atoms with Crippen molar-refractivity contribution < 1.29 is 9.53 Å². The highest BCUT2D eigenvalue weighted by Crippen LogP contribution is 2.30. The number of fused-ring (bicyclic) bond motifs is 1. The number of carbonyl (C=O) groups is 1. The Hall–Kier alpha value is -2.49. The van der Waals surface area contributed by atoms with E-state index in [1.54, 1.807) is 30.3 Å². The number of hydrogen-bond donors (Lipinski definition) is 2. The Bertz CT molecular complexity index is 600. The number of anilines is 2. The van der Waals surface area contributed by atoms with Crippen LogP contribution in [0.3, 0.4) is 0 Å². The van der Waals surface area contributed by atoms with Crippen LogP contribution in [0.2, 0.25) is 0 Å². The van der Waals surface area contributed by atoms with Gasteiger partial charge in [0.15, 0.2) is 0 Å². The molecule has 0 radical (unpaired) electrons. The van der Waals surface area contributed by atoms with Crippen LogP contribution in [0.25, 0.3) is 10.8 Å². The van der Waals surface area contributed by atoms with Crippen LogP contribution in [-0.2, 0) is 4.79 Å². The van der Waals surface area contributed by atoms with Gasteiger partial charge in [0.25, 0.3) is 0 Å². The van der Waals surface area contributed by atoms with Crippen molar-refractivity contribution in [3.05, 3.63) is 43.0 Å². The van der Waals surface area contributed by atoms with Gasteiger partial charge in [-0.3, -0.25) is 0 Å². The molecule has 0 atom stereocenters. The maximum absolute atomic E-state index is 11.2. The van der Waals surface area contributed by atoms with Gasteiger partial charge in [0.1, 0.15) is 5.75 Å². The van der Waals surface area contributed by atoms with E-state index in [0.717, 1.165) is 16.8 Å². The fourth-order valence-electron chi connectivity index (χ4n) is 1.61. The molecule has 2 aromatic carbocycles. The minimum Gasteiger partial charge on any atom is -0.423 e. The second-order valence-corrected chi connectivity index (χ2v) is 3.62. The van der Waals surface area contributed by atoms with E-state index in [1.165, 1.54) is 0 Å². The maximum Gasteiger partial charge on any atom is 0.335 e. The monoisotopic (exact) mass is 228 g/mol. The number of hydrogen-bond acceptors (Lipinski definition) is 4. The Morgan fingerprint density at radius 3 is 2.59 bits per heavy atom. The van der Waals surface area contributed by atoms with Crippen LogP contribution in [0.4, 0.5) is 11.4 Å². The first-order chi connectivity index (χ1) is 8.10. The van der Waals surface area contributed by atoms with Gasteiger partial charge in [-0.25, -0.2) is 4.79 Å². The lowest BCUT2D eigenvalue weighted by Gasteiger charge is -2.08. The average Bonchev–Trinajstić information content (AvgIpc) is 2.27. The maximum atomic E-state index is 11.2. The summed E-state index contributed by atoms with van der Waals surface area (Å²) in [5.41, 5.74) is 12.6. The highest BCUT2D eigenvalue weighted by atomic mass is 16.5. The van der Waals surface area contributed by atoms with Gasteiger partial charge in [-0.05, 0) is 29.7 Å². The highest BCUT2D eigenvalue weighted by Gasteiger charge is 2.07. The second kappa shape index (κ2) is 4.17. The van der Waals surface area contributed by atoms with Gasteiger partial charge in [-0.2, -0.15) is 0 Å². The molecule has 0 aliphatic carbocycles. The Morgan fingerprint density at radius 2 is 1.88 bits per heavy atom. The highest BCUT2D eigenvalue weighted by molar-refractivity contribution is 5.95. The summed E-state index contributed by atoms with van der Waals surface area (Å²) in [6.07, 6.45) is 1.10. The average molecular weight is 228 g/mol. The Labute approximate surface area is 98.5 Å². The molecule has 0 amide bonds. The third-order valence-electron chi connectivity index (χ3n) is 2.34. The first-order valence-corrected chi connectivity index (χ1v) is 5.03. The summed E-state index contributed by atoms with van der Waals surface area (Å²) in [6, 6.07) is 8.67. The van der Waals surface area contributed by atoms with Crippen LogP contribution in [0.15, 0.2) is 43.0 Å². The normalized spacial score (nSPS) is 10.1. The molecule has 0 fully saturated rings. The first-order valence-electron chi connectivity index (χ1n) is 5.03. The lowest BCUT2D eigenvalue weighted by Crippen LogP contribution is -2.04. The van der Waals surface area contributed by atoms with Crippen molar-refractivity contribution in [1.29, 1.82) is 0 Å². The van der Waals surface area contributed by atoms with Crippen LogP contribution in [0, 0.1) is 0 Å². The number of ether oxygens (including phenoxy) is 1. The Balaban J connectivity index is 2.61. The summed E-state index contributed by atoms with van der Waals surface area (Å²) in [5.74, 6) is -0.112. The van der Waals surface area contributed by atoms with E-state index in [0.29, 0.717) is 17.1 Å². The number of nitrogens with two attached hydrogens (primary N) is 2. The third kappa shape index (κ3) is 2.20. The number of nitrogen functional groups attached to an aromatic ring is 2. The van der Waals surface area contributed by atoms with Crippen molar-refractivity contribution in [2.24, 2.45) is 0 Å². The molecule has 4 N–H and O–H groups in total. The molecular weight excluding hydrogens is 216 g/mol. The van der Waals surface area contributed by atoms with E-state index in [4.69, 9.17) is 16.2 Å². The first kappa shape index (κ1) is 11.0. The van der Waals surface area contributed by atoms with Crippen LogP contribution in [0.1, 0.15) is 0 Å². The van der Waals surface area contributed by atoms with E-state index in [1.807, 2.05) is 0 Å². The molecule has 2 rings (SSSR count). The molecule has 2 aromatic rings. The SMILES string of the molecule is C=CC(=O)Oc1cc(N)cc2cc(N)ccc12. The van der Waals surface area contributed by atoms with Crippen molar-refractivity contribution >= 4 is 28.1 Å². The number of benzene rings is 2. The van der Waals surface area contributed by atoms with Crippen molar-refractivity contribution in [3.8, 4) is 5.75 Å². The summed E-state index contributed by atoms with van der Waals surface area (Å²) in [7, 11) is 0. The second-order valence-electron chi connectivity index (χ2n) is 3.62. The lowest BCUT2D eigenvalue weighted by atomic mass is 10.1. The standard InChI is InChI=1S/C13H12N2O2/c1-2-13(16)17-12-7-10(15)6-8-5-9(14)3-4-11(8)12/h2-7H,1,14-15H2. The van der Waals surface area contributed by atoms with Gasteiger partial charge in [-0.1, -0.05) is 6.58 Å². The zero-order chi connectivity index (χ0) is 12.4. The number of rotatable bonds is 2. The van der Waals surface area contributed by atoms with E-state index in [-0.39, 0.29) is 0 Å². The fourth-order valence-corrected chi connectivity index (χ4v) is 1.61. The topological polar surface area (TPSA) is 78.3 Å². The molecule has 17 heavy (non-hydrogen) atoms. The predicted molar refractivity (Wildman–Crippen MR) is 68.6 cm³/mol. The number of esters is 1. The molecule has 0 aliphatic rings. The van der Waals surface area contributed by atoms with E-state index >= 15 is 0 Å². The largest absolute Gasteiger partial charge is 0.423 e. The molecule has 4 nitrogen and oxygen atoms in total. The van der Waals surface area contributed by atoms with Crippen LogP contribution in [0.5, 0.6) is 5.75 Å². The molecule has 0 bridgehead atoms. The summed E-state index contributed by atoms with van der Waals surface area (Å²) in [6.45, 7) is 3.35. The quantitative estimate of drug-likeness (QED) is 0.357. The molecule has 0 aliphatic heterocycles. The molecule has 4 heteroatoms. The van der Waals surface area contributed by atoms with Crippen molar-refractivity contribution in [1.82, 2.24) is 0 Å². The van der Waals surface area contributed by atoms with Crippen LogP contribution < -0.4 is 16.2 Å². The molecule has 0 aromatic heterocycles. The molecule has 0 saturated carbocycles. The Kier molecular flexibility index (Phi) is 2.70. The minimum atomic E-state index is -0.520. The van der Waals surface area contributed by atoms with Gasteiger partial charge < -0.3 is 16.2 Å². The van der Waals surface area contributed by atoms with Gasteiger partial charge >= 0.3 is 5.97 Å². The molecule has 86 valence electrons. The molecule has 0 saturated heterocycles. The van der Waals surface area contributed by atoms with Crippen molar-refractivity contribution in [3.63, 3.8) is 0 Å². The van der Waals surface area contributed by atoms with Gasteiger partial charge in [0.05, 0.1) is 0 Å². The molecule has 0 spiro atoms. The zero-order valence-corrected chi connectivity index (χ0v) is 9.14. The van der Waals surface area contributed by atoms with Crippen LogP contribution in [-0.4, -0.2) is 5.97 Å². The third-order valence-corrected chi connectivity index (χ3v) is 2.34. The molecular formula is C13H12N2O2. The summed E-state index contributed by atoms with van der Waals surface area (Å²) < 4.78 is 5.12. The summed E-state index contributed by atoms with van der Waals surface area (Å²) in [5, 5.41) is 1.61. The Morgan fingerprint density at radius 1 is 1.18 bits per heavy atom. The van der Waals surface area contributed by atoms with Crippen molar-refractivity contribution in [2.45, 2.75) is 0 Å². The van der Waals surface area contributed by atoms with Crippen LogP contribution >= 0.6 is 0 Å². The van der Waals surface area contributed by atoms with Gasteiger partial charge in [0, 0.05) is 28.9 Å². The molecule has 0 unspecified atom stereocenters. The summed E-state index contributed by atoms with van der Waals surface area (Å²) >= 11 is 0. The van der Waals surface area contributed by atoms with E-state index < -0.39 is 5.97 Å². The lowest BCUT2D eigenvalue weighted by molar-refractivity contribution is -0.128. The molecule has 0 heterocycles. The van der Waals surface area contributed by atoms with Gasteiger partial charge in [-0.15, -0.1) is 0 Å². The number of carbonyl (C=O) groups excluding carboxylic acids is 1. The zero-order valence-electron chi connectivity index (χ0n) is 9.14. The van der Waals surface area contributed by atoms with Gasteiger partial charge in [0.2, 0.25) is 0 Å². The summed E-state index contributed by atoms with van der Waals surface area (Å²) in [4.78, 5) is 11.2. The van der Waals surface area contributed by atoms with Crippen molar-refractivity contribution in [2.75, 3.05) is 11.5 Å². The minimum absolute atomic E-state index is 0.407. The predicted octanol–water partition coefficient (Wildman–Crippen LogP) is 2.10. The van der Waals surface area contributed by atoms with E-state index in [2.05, 4.69) is 6.58 Å². The fraction of sp³-hybridized carbons (Fsp3) is 0. The smallest absolute Gasteiger partial charge is 0.335 e. The van der Waals surface area contributed by atoms with E-state index in [9.17, 15) is 4.79 Å².